The molecule has 0 aromatic heterocycles. The van der Waals surface area contributed by atoms with Crippen LogP contribution < -0.4 is 5.32 Å². The molecule has 2 nitrogen and oxygen atoms in total. The molecule has 0 saturated carbocycles. The smallest absolute Gasteiger partial charge is 0.145 e. The van der Waals surface area contributed by atoms with Crippen LogP contribution in [0.1, 0.15) is 25.8 Å². The van der Waals surface area contributed by atoms with Crippen molar-refractivity contribution in [3.05, 3.63) is 34.6 Å². The first kappa shape index (κ1) is 14.5. The number of Topliss-reactive ketones (excluding diaryl/α,β-unsaturated/α-hetero) is 1. The third-order valence-corrected chi connectivity index (χ3v) is 4.60. The second-order valence-electron chi connectivity index (χ2n) is 5.54. The van der Waals surface area contributed by atoms with Gasteiger partial charge in [-0.15, -0.1) is 0 Å². The largest absolute Gasteiger partial charge is 0.316 e. The average molecular weight is 284 g/mol. The third-order valence-electron chi connectivity index (χ3n) is 4.25. The Hall–Kier alpha value is -0.930. The molecule has 1 aliphatic rings. The van der Waals surface area contributed by atoms with Gasteiger partial charge >= 0.3 is 0 Å². The first-order valence-corrected chi connectivity index (χ1v) is 7.02. The number of hydrogen-bond donors (Lipinski definition) is 1. The van der Waals surface area contributed by atoms with E-state index in [4.69, 9.17) is 11.6 Å². The molecular weight excluding hydrogens is 265 g/mol. The van der Waals surface area contributed by atoms with Crippen molar-refractivity contribution in [2.45, 2.75) is 26.7 Å². The number of halogens is 2. The fourth-order valence-corrected chi connectivity index (χ4v) is 3.03. The molecule has 1 aliphatic heterocycles. The molecule has 104 valence electrons. The van der Waals surface area contributed by atoms with E-state index in [1.54, 1.807) is 12.1 Å². The number of rotatable bonds is 4. The first-order chi connectivity index (χ1) is 8.97. The SMILES string of the molecule is CC(C)C1(C(=O)Cc2c(F)cccc2Cl)CCNC1. The van der Waals surface area contributed by atoms with Gasteiger partial charge in [0.25, 0.3) is 0 Å². The normalized spacial score (nSPS) is 23.0. The van der Waals surface area contributed by atoms with E-state index in [-0.39, 0.29) is 23.5 Å². The minimum atomic E-state index is -0.397. The molecule has 19 heavy (non-hydrogen) atoms. The van der Waals surface area contributed by atoms with E-state index >= 15 is 0 Å². The van der Waals surface area contributed by atoms with Crippen LogP contribution in [0.4, 0.5) is 4.39 Å². The van der Waals surface area contributed by atoms with Gasteiger partial charge in [0.15, 0.2) is 0 Å². The molecular formula is C15H19ClFNO. The summed E-state index contributed by atoms with van der Waals surface area (Å²) in [5.41, 5.74) is -0.0629. The van der Waals surface area contributed by atoms with E-state index in [0.717, 1.165) is 13.0 Å². The van der Waals surface area contributed by atoms with Crippen LogP contribution in [0.25, 0.3) is 0 Å². The maximum Gasteiger partial charge on any atom is 0.145 e. The Morgan fingerprint density at radius 1 is 1.53 bits per heavy atom. The van der Waals surface area contributed by atoms with Crippen molar-refractivity contribution in [1.82, 2.24) is 5.32 Å². The molecule has 1 saturated heterocycles. The summed E-state index contributed by atoms with van der Waals surface area (Å²) in [5, 5.41) is 3.57. The Morgan fingerprint density at radius 2 is 2.26 bits per heavy atom. The molecule has 1 aromatic carbocycles. The molecule has 1 unspecified atom stereocenters. The van der Waals surface area contributed by atoms with Crippen LogP contribution in [-0.2, 0) is 11.2 Å². The second kappa shape index (κ2) is 5.59. The monoisotopic (exact) mass is 283 g/mol. The zero-order valence-corrected chi connectivity index (χ0v) is 12.1. The summed E-state index contributed by atoms with van der Waals surface area (Å²) in [6.45, 7) is 5.62. The number of hydrogen-bond acceptors (Lipinski definition) is 2. The molecule has 0 aliphatic carbocycles. The Bertz CT molecular complexity index is 461. The number of ketones is 1. The number of benzene rings is 1. The highest BCUT2D eigenvalue weighted by Gasteiger charge is 2.43. The zero-order chi connectivity index (χ0) is 14.0. The number of nitrogens with one attached hydrogen (secondary N) is 1. The Morgan fingerprint density at radius 3 is 2.79 bits per heavy atom. The summed E-state index contributed by atoms with van der Waals surface area (Å²) in [7, 11) is 0. The van der Waals surface area contributed by atoms with E-state index in [2.05, 4.69) is 5.32 Å². The highest BCUT2D eigenvalue weighted by molar-refractivity contribution is 6.31. The van der Waals surface area contributed by atoms with E-state index in [0.29, 0.717) is 17.1 Å². The van der Waals surface area contributed by atoms with Gasteiger partial charge in [-0.1, -0.05) is 31.5 Å². The van der Waals surface area contributed by atoms with Gasteiger partial charge in [-0.25, -0.2) is 4.39 Å². The van der Waals surface area contributed by atoms with Gasteiger partial charge in [-0.3, -0.25) is 4.79 Å². The highest BCUT2D eigenvalue weighted by Crippen LogP contribution is 2.37. The van der Waals surface area contributed by atoms with Crippen molar-refractivity contribution in [3.63, 3.8) is 0 Å². The maximum atomic E-state index is 13.8. The Kier molecular flexibility index (Phi) is 4.26. The summed E-state index contributed by atoms with van der Waals surface area (Å²) < 4.78 is 13.8. The fraction of sp³-hybridized carbons (Fsp3) is 0.533. The van der Waals surface area contributed by atoms with Crippen molar-refractivity contribution in [2.75, 3.05) is 13.1 Å². The zero-order valence-electron chi connectivity index (χ0n) is 11.3. The molecule has 0 spiro atoms. The van der Waals surface area contributed by atoms with E-state index < -0.39 is 5.82 Å². The second-order valence-corrected chi connectivity index (χ2v) is 5.94. The van der Waals surface area contributed by atoms with Crippen LogP contribution >= 0.6 is 11.6 Å². The predicted octanol–water partition coefficient (Wildman–Crippen LogP) is 3.23. The predicted molar refractivity (Wildman–Crippen MR) is 74.9 cm³/mol. The molecule has 0 radical (unpaired) electrons. The van der Waals surface area contributed by atoms with Gasteiger partial charge in [0, 0.05) is 29.0 Å². The minimum absolute atomic E-state index is 0.0748. The van der Waals surface area contributed by atoms with Gasteiger partial charge in [0.05, 0.1) is 0 Å². The minimum Gasteiger partial charge on any atom is -0.316 e. The van der Waals surface area contributed by atoms with Gasteiger partial charge in [0.1, 0.15) is 11.6 Å². The van der Waals surface area contributed by atoms with E-state index in [1.807, 2.05) is 13.8 Å². The topological polar surface area (TPSA) is 29.1 Å². The van der Waals surface area contributed by atoms with Crippen molar-refractivity contribution < 1.29 is 9.18 Å². The molecule has 1 N–H and O–H groups in total. The quantitative estimate of drug-likeness (QED) is 0.919. The molecule has 4 heteroatoms. The number of carbonyl (C=O) groups excluding carboxylic acids is 1. The summed E-state index contributed by atoms with van der Waals surface area (Å²) in [5.74, 6) is -0.0780. The van der Waals surface area contributed by atoms with Crippen molar-refractivity contribution >= 4 is 17.4 Å². The standard InChI is InChI=1S/C15H19ClFNO/c1-10(2)15(6-7-18-9-15)14(19)8-11-12(16)4-3-5-13(11)17/h3-5,10,18H,6-9H2,1-2H3. The molecule has 1 heterocycles. The lowest BCUT2D eigenvalue weighted by atomic mass is 9.71. The van der Waals surface area contributed by atoms with Crippen LogP contribution in [0.5, 0.6) is 0 Å². The van der Waals surface area contributed by atoms with Crippen molar-refractivity contribution in [3.8, 4) is 0 Å². The van der Waals surface area contributed by atoms with Crippen LogP contribution in [0.15, 0.2) is 18.2 Å². The number of carbonyl (C=O) groups is 1. The molecule has 0 amide bonds. The Labute approximate surface area is 118 Å². The highest BCUT2D eigenvalue weighted by atomic mass is 35.5. The lowest BCUT2D eigenvalue weighted by molar-refractivity contribution is -0.129. The lowest BCUT2D eigenvalue weighted by Gasteiger charge is -2.31. The van der Waals surface area contributed by atoms with Crippen LogP contribution in [-0.4, -0.2) is 18.9 Å². The van der Waals surface area contributed by atoms with Crippen molar-refractivity contribution in [2.24, 2.45) is 11.3 Å². The maximum absolute atomic E-state index is 13.8. The Balaban J connectivity index is 2.25. The van der Waals surface area contributed by atoms with Gasteiger partial charge in [0.2, 0.25) is 0 Å². The summed E-state index contributed by atoms with van der Waals surface area (Å²) in [4.78, 5) is 12.6. The van der Waals surface area contributed by atoms with E-state index in [9.17, 15) is 9.18 Å². The van der Waals surface area contributed by atoms with Crippen LogP contribution in [0.3, 0.4) is 0 Å². The molecule has 2 rings (SSSR count). The van der Waals surface area contributed by atoms with Gasteiger partial charge in [-0.05, 0) is 31.0 Å². The van der Waals surface area contributed by atoms with E-state index in [1.165, 1.54) is 6.07 Å². The van der Waals surface area contributed by atoms with Gasteiger partial charge in [-0.2, -0.15) is 0 Å². The molecule has 1 fully saturated rings. The van der Waals surface area contributed by atoms with Crippen molar-refractivity contribution in [1.29, 1.82) is 0 Å². The summed E-state index contributed by atoms with van der Waals surface area (Å²) in [6, 6.07) is 4.53. The van der Waals surface area contributed by atoms with Crippen LogP contribution in [0.2, 0.25) is 5.02 Å². The summed E-state index contributed by atoms with van der Waals surface area (Å²) in [6.07, 6.45) is 0.890. The molecule has 1 atom stereocenters. The molecule has 1 aromatic rings. The molecule has 0 bridgehead atoms. The van der Waals surface area contributed by atoms with Crippen LogP contribution in [0, 0.1) is 17.2 Å². The fourth-order valence-electron chi connectivity index (χ4n) is 2.80. The van der Waals surface area contributed by atoms with Gasteiger partial charge < -0.3 is 5.32 Å². The lowest BCUT2D eigenvalue weighted by Crippen LogP contribution is -2.39. The first-order valence-electron chi connectivity index (χ1n) is 6.64. The average Bonchev–Trinajstić information content (AvgIpc) is 2.84. The summed E-state index contributed by atoms with van der Waals surface area (Å²) >= 11 is 6.00. The third kappa shape index (κ3) is 2.67.